The van der Waals surface area contributed by atoms with E-state index < -0.39 is 0 Å². The predicted octanol–water partition coefficient (Wildman–Crippen LogP) is 7.56. The van der Waals surface area contributed by atoms with Crippen LogP contribution in [0.4, 0.5) is 32.8 Å². The summed E-state index contributed by atoms with van der Waals surface area (Å²) in [6.45, 7) is 7.25. The second kappa shape index (κ2) is 8.75. The van der Waals surface area contributed by atoms with Gasteiger partial charge in [-0.3, -0.25) is 0 Å². The van der Waals surface area contributed by atoms with Crippen LogP contribution in [-0.2, 0) is 0 Å². The Balaban J connectivity index is 1.95. The Bertz CT molecular complexity index is 1100. The van der Waals surface area contributed by atoms with E-state index >= 15 is 0 Å². The number of nitrogens with one attached hydrogen (secondary N) is 2. The molecule has 1 heterocycles. The Morgan fingerprint density at radius 3 is 2.29 bits per heavy atom. The molecular weight excluding hydrogens is 521 g/mol. The Kier molecular flexibility index (Phi) is 6.22. The van der Waals surface area contributed by atoms with Gasteiger partial charge >= 0.3 is 0 Å². The number of rotatable bonds is 5. The van der Waals surface area contributed by atoms with Gasteiger partial charge in [-0.05, 0) is 91.3 Å². The van der Waals surface area contributed by atoms with Crippen molar-refractivity contribution in [2.75, 3.05) is 21.4 Å². The number of hydrogen-bond acceptors (Lipinski definition) is 4. The second-order valence-corrected chi connectivity index (χ2v) is 10.4. The summed E-state index contributed by atoms with van der Waals surface area (Å²) in [5.41, 5.74) is 6.86. The summed E-state index contributed by atoms with van der Waals surface area (Å²) < 4.78 is 13.6. The summed E-state index contributed by atoms with van der Waals surface area (Å²) in [5.74, 6) is -0.247. The molecule has 0 saturated heterocycles. The number of hydrogen-bond donors (Lipinski definition) is 2. The molecule has 1 aliphatic rings. The van der Waals surface area contributed by atoms with Crippen molar-refractivity contribution in [3.05, 3.63) is 77.6 Å². The lowest BCUT2D eigenvalue weighted by Gasteiger charge is -2.50. The molecule has 0 fully saturated rings. The zero-order valence-electron chi connectivity index (χ0n) is 17.7. The minimum absolute atomic E-state index is 0.247. The molecule has 4 nitrogen and oxygen atoms in total. The minimum Gasteiger partial charge on any atom is -0.358 e. The summed E-state index contributed by atoms with van der Waals surface area (Å²) in [5, 5.41) is 11.4. The van der Waals surface area contributed by atoms with Crippen LogP contribution < -0.4 is 14.9 Å². The number of halogens is 2. The predicted molar refractivity (Wildman–Crippen MR) is 141 cm³/mol. The molecule has 1 unspecified atom stereocenters. The van der Waals surface area contributed by atoms with Gasteiger partial charge in [-0.2, -0.15) is 0 Å². The highest BCUT2D eigenvalue weighted by atomic mass is 127. The van der Waals surface area contributed by atoms with Crippen molar-refractivity contribution in [3.8, 4) is 0 Å². The van der Waals surface area contributed by atoms with Crippen LogP contribution in [-0.4, -0.2) is 18.3 Å². The molecule has 2 N–H and O–H groups in total. The quantitative estimate of drug-likeness (QED) is 0.197. The molecule has 3 aromatic rings. The lowest BCUT2D eigenvalue weighted by Crippen LogP contribution is -2.52. The van der Waals surface area contributed by atoms with Gasteiger partial charge in [0.1, 0.15) is 5.82 Å². The average molecular weight is 546 g/mol. The van der Waals surface area contributed by atoms with Crippen molar-refractivity contribution < 1.29 is 4.39 Å². The molecule has 0 amide bonds. The maximum Gasteiger partial charge on any atom is 0.123 e. The maximum absolute atomic E-state index is 13.6. The van der Waals surface area contributed by atoms with Gasteiger partial charge in [0.05, 0.1) is 16.9 Å². The highest BCUT2D eigenvalue weighted by Gasteiger charge is 2.38. The van der Waals surface area contributed by atoms with Gasteiger partial charge in [-0.1, -0.05) is 17.7 Å². The number of anilines is 5. The lowest BCUT2D eigenvalue weighted by molar-refractivity contribution is 0.498. The van der Waals surface area contributed by atoms with Crippen LogP contribution in [0.3, 0.4) is 0 Å². The van der Waals surface area contributed by atoms with Crippen molar-refractivity contribution in [2.24, 2.45) is 0 Å². The third-order valence-electron chi connectivity index (χ3n) is 5.60. The van der Waals surface area contributed by atoms with E-state index in [0.29, 0.717) is 6.37 Å². The van der Waals surface area contributed by atoms with Crippen molar-refractivity contribution >= 4 is 63.1 Å². The smallest absolute Gasteiger partial charge is 0.123 e. The van der Waals surface area contributed by atoms with Gasteiger partial charge in [-0.25, -0.2) is 4.39 Å². The summed E-state index contributed by atoms with van der Waals surface area (Å²) in [4.78, 5) is 4.60. The number of nitrogens with zero attached hydrogens (tertiary/aromatic N) is 2. The lowest BCUT2D eigenvalue weighted by atomic mass is 9.93. The van der Waals surface area contributed by atoms with Gasteiger partial charge in [0.25, 0.3) is 0 Å². The first-order valence-corrected chi connectivity index (χ1v) is 14.2. The van der Waals surface area contributed by atoms with Gasteiger partial charge in [0.15, 0.2) is 0 Å². The first-order valence-electron chi connectivity index (χ1n) is 10.0. The Hall–Kier alpha value is -2.18. The molecule has 0 aliphatic carbocycles. The van der Waals surface area contributed by atoms with Gasteiger partial charge in [0.2, 0.25) is 0 Å². The van der Waals surface area contributed by atoms with E-state index in [9.17, 15) is 4.39 Å². The zero-order valence-corrected chi connectivity index (χ0v) is 20.9. The molecule has 7 heteroatoms. The van der Waals surface area contributed by atoms with Crippen molar-refractivity contribution in [1.29, 1.82) is 5.41 Å². The van der Waals surface area contributed by atoms with Crippen molar-refractivity contribution in [2.45, 2.75) is 26.3 Å². The molecule has 3 aromatic carbocycles. The van der Waals surface area contributed by atoms with E-state index in [2.05, 4.69) is 94.1 Å². The van der Waals surface area contributed by atoms with Crippen LogP contribution in [0.15, 0.2) is 60.7 Å². The van der Waals surface area contributed by atoms with Crippen LogP contribution in [0.5, 0.6) is 0 Å². The Morgan fingerprint density at radius 2 is 1.68 bits per heavy atom. The van der Waals surface area contributed by atoms with Crippen LogP contribution >= 0.6 is 28.4 Å². The molecule has 4 rings (SSSR count). The molecule has 0 aromatic heterocycles. The average Bonchev–Trinajstić information content (AvgIpc) is 2.74. The standard InChI is InChI=1S/C24H25FIN4P/c1-16-4-8-19(9-5-16)29-15-24(2,3)30(20-10-6-18(25)7-11-20)23-12-17(14-27)21(28-31-26)13-22(23)29/h4-14,27-28,31H,15H2,1-3H3. The number of benzene rings is 3. The topological polar surface area (TPSA) is 42.4 Å². The van der Waals surface area contributed by atoms with Gasteiger partial charge in [0, 0.05) is 41.8 Å². The first-order chi connectivity index (χ1) is 14.8. The van der Waals surface area contributed by atoms with Gasteiger partial charge < -0.3 is 20.3 Å². The fraction of sp³-hybridized carbons (Fsp3) is 0.208. The van der Waals surface area contributed by atoms with Crippen LogP contribution in [0.1, 0.15) is 25.0 Å². The summed E-state index contributed by atoms with van der Waals surface area (Å²) in [6, 6.07) is 19.4. The van der Waals surface area contributed by atoms with Crippen LogP contribution in [0.25, 0.3) is 0 Å². The van der Waals surface area contributed by atoms with E-state index in [4.69, 9.17) is 5.41 Å². The first kappa shape index (κ1) is 22.0. The molecule has 1 aliphatic heterocycles. The largest absolute Gasteiger partial charge is 0.358 e. The summed E-state index contributed by atoms with van der Waals surface area (Å²) >= 11 is 2.30. The molecule has 0 spiro atoms. The SMILES string of the molecule is Cc1ccc(N2CC(C)(C)N(c3ccc(F)cc3)c3cc(C=N)c(NPI)cc32)cc1. The fourth-order valence-corrected chi connectivity index (χ4v) is 5.36. The Labute approximate surface area is 197 Å². The second-order valence-electron chi connectivity index (χ2n) is 8.34. The molecule has 31 heavy (non-hydrogen) atoms. The molecular formula is C24H25FIN4P. The summed E-state index contributed by atoms with van der Waals surface area (Å²) in [6.07, 6.45) is 1.89. The molecule has 0 radical (unpaired) electrons. The van der Waals surface area contributed by atoms with Gasteiger partial charge in [-0.15, -0.1) is 0 Å². The molecule has 160 valence electrons. The van der Waals surface area contributed by atoms with Crippen LogP contribution in [0, 0.1) is 18.2 Å². The third kappa shape index (κ3) is 4.28. The fourth-order valence-electron chi connectivity index (χ4n) is 4.17. The van der Waals surface area contributed by atoms with E-state index in [-0.39, 0.29) is 11.4 Å². The van der Waals surface area contributed by atoms with E-state index in [1.165, 1.54) is 23.9 Å². The van der Waals surface area contributed by atoms with E-state index in [1.54, 1.807) is 0 Å². The summed E-state index contributed by atoms with van der Waals surface area (Å²) in [7, 11) is 0. The van der Waals surface area contributed by atoms with E-state index in [0.717, 1.165) is 40.5 Å². The monoisotopic (exact) mass is 546 g/mol. The number of fused-ring (bicyclic) bond motifs is 1. The molecule has 1 atom stereocenters. The van der Waals surface area contributed by atoms with Crippen LogP contribution in [0.2, 0.25) is 0 Å². The number of aryl methyl sites for hydroxylation is 1. The van der Waals surface area contributed by atoms with E-state index in [1.807, 2.05) is 12.1 Å². The zero-order chi connectivity index (χ0) is 22.2. The highest BCUT2D eigenvalue weighted by molar-refractivity contribution is 14.2. The Morgan fingerprint density at radius 1 is 1.03 bits per heavy atom. The molecule has 0 bridgehead atoms. The van der Waals surface area contributed by atoms with Crippen molar-refractivity contribution in [3.63, 3.8) is 0 Å². The maximum atomic E-state index is 13.6. The molecule has 0 saturated carbocycles. The third-order valence-corrected chi connectivity index (χ3v) is 6.77. The minimum atomic E-state index is -0.269. The normalized spacial score (nSPS) is 15.3. The van der Waals surface area contributed by atoms with Crippen molar-refractivity contribution in [1.82, 2.24) is 0 Å². The highest BCUT2D eigenvalue weighted by Crippen LogP contribution is 2.49.